The Kier molecular flexibility index (Phi) is 5.71. The van der Waals surface area contributed by atoms with Crippen molar-refractivity contribution in [2.45, 2.75) is 0 Å². The highest BCUT2D eigenvalue weighted by molar-refractivity contribution is 6.11. The molecule has 3 aromatic carbocycles. The molecular weight excluding hydrogens is 332 g/mol. The van der Waals surface area contributed by atoms with Crippen LogP contribution in [0.3, 0.4) is 0 Å². The Morgan fingerprint density at radius 3 is 1.73 bits per heavy atom. The van der Waals surface area contributed by atoms with Crippen LogP contribution >= 0.6 is 0 Å². The SMILES string of the molecule is C=CC(=O)OCCOc1c2ccccc2c(OCCO)c2ccccc12. The summed E-state index contributed by atoms with van der Waals surface area (Å²) in [7, 11) is 0. The van der Waals surface area contributed by atoms with Gasteiger partial charge in [0.15, 0.2) is 0 Å². The molecule has 0 amide bonds. The summed E-state index contributed by atoms with van der Waals surface area (Å²) in [5.41, 5.74) is 0. The molecule has 0 spiro atoms. The molecule has 0 aliphatic rings. The molecule has 134 valence electrons. The minimum Gasteiger partial charge on any atom is -0.490 e. The number of fused-ring (bicyclic) bond motifs is 2. The van der Waals surface area contributed by atoms with Gasteiger partial charge in [-0.25, -0.2) is 4.79 Å². The summed E-state index contributed by atoms with van der Waals surface area (Å²) >= 11 is 0. The Hall–Kier alpha value is -3.05. The second-order valence-corrected chi connectivity index (χ2v) is 5.54. The molecule has 1 N–H and O–H groups in total. The number of ether oxygens (including phenoxy) is 3. The molecule has 26 heavy (non-hydrogen) atoms. The average Bonchev–Trinajstić information content (AvgIpc) is 2.69. The molecule has 0 radical (unpaired) electrons. The summed E-state index contributed by atoms with van der Waals surface area (Å²) in [6.07, 6.45) is 1.12. The fourth-order valence-electron chi connectivity index (χ4n) is 2.85. The predicted octanol–water partition coefficient (Wildman–Crippen LogP) is 3.47. The van der Waals surface area contributed by atoms with Gasteiger partial charge in [0.1, 0.15) is 31.3 Å². The highest BCUT2D eigenvalue weighted by Crippen LogP contribution is 2.42. The van der Waals surface area contributed by atoms with Gasteiger partial charge in [0, 0.05) is 27.6 Å². The van der Waals surface area contributed by atoms with Crippen molar-refractivity contribution in [1.82, 2.24) is 0 Å². The van der Waals surface area contributed by atoms with E-state index in [1.54, 1.807) is 0 Å². The van der Waals surface area contributed by atoms with Crippen molar-refractivity contribution in [3.8, 4) is 11.5 Å². The number of aliphatic hydroxyl groups excluding tert-OH is 1. The monoisotopic (exact) mass is 352 g/mol. The van der Waals surface area contributed by atoms with Gasteiger partial charge in [0.2, 0.25) is 0 Å². The molecule has 0 saturated carbocycles. The van der Waals surface area contributed by atoms with E-state index in [0.29, 0.717) is 5.75 Å². The zero-order valence-corrected chi connectivity index (χ0v) is 14.3. The van der Waals surface area contributed by atoms with Crippen molar-refractivity contribution in [1.29, 1.82) is 0 Å². The summed E-state index contributed by atoms with van der Waals surface area (Å²) in [5.74, 6) is 0.953. The van der Waals surface area contributed by atoms with Crippen LogP contribution in [0.1, 0.15) is 0 Å². The fraction of sp³-hybridized carbons (Fsp3) is 0.190. The van der Waals surface area contributed by atoms with Crippen LogP contribution in [0.15, 0.2) is 61.2 Å². The maximum absolute atomic E-state index is 11.2. The van der Waals surface area contributed by atoms with Gasteiger partial charge in [-0.05, 0) is 0 Å². The Labute approximate surface area is 151 Å². The van der Waals surface area contributed by atoms with Crippen LogP contribution < -0.4 is 9.47 Å². The average molecular weight is 352 g/mol. The van der Waals surface area contributed by atoms with E-state index in [1.165, 1.54) is 0 Å². The van der Waals surface area contributed by atoms with E-state index in [0.717, 1.165) is 33.4 Å². The fourth-order valence-corrected chi connectivity index (χ4v) is 2.85. The molecule has 3 aromatic rings. The van der Waals surface area contributed by atoms with Crippen LogP contribution in [0, 0.1) is 0 Å². The van der Waals surface area contributed by atoms with Gasteiger partial charge in [0.25, 0.3) is 0 Å². The maximum atomic E-state index is 11.2. The van der Waals surface area contributed by atoms with Crippen LogP contribution in [-0.2, 0) is 9.53 Å². The van der Waals surface area contributed by atoms with Crippen molar-refractivity contribution in [3.63, 3.8) is 0 Å². The first-order chi connectivity index (χ1) is 12.8. The Balaban J connectivity index is 2.03. The number of carbonyl (C=O) groups excluding carboxylic acids is 1. The van der Waals surface area contributed by atoms with E-state index < -0.39 is 5.97 Å². The van der Waals surface area contributed by atoms with Crippen molar-refractivity contribution in [2.75, 3.05) is 26.4 Å². The van der Waals surface area contributed by atoms with E-state index in [1.807, 2.05) is 48.5 Å². The van der Waals surface area contributed by atoms with Gasteiger partial charge in [-0.15, -0.1) is 0 Å². The summed E-state index contributed by atoms with van der Waals surface area (Å²) in [4.78, 5) is 11.2. The summed E-state index contributed by atoms with van der Waals surface area (Å²) < 4.78 is 16.8. The third-order valence-corrected chi connectivity index (χ3v) is 3.91. The van der Waals surface area contributed by atoms with Gasteiger partial charge in [-0.3, -0.25) is 0 Å². The van der Waals surface area contributed by atoms with Gasteiger partial charge < -0.3 is 19.3 Å². The molecule has 0 fully saturated rings. The standard InChI is InChI=1S/C21H20O5/c1-2-19(23)24-13-14-26-21-17-9-5-3-7-15(17)20(25-12-11-22)16-8-4-6-10-18(16)21/h2-10,22H,1,11-14H2. The lowest BCUT2D eigenvalue weighted by molar-refractivity contribution is -0.138. The first-order valence-corrected chi connectivity index (χ1v) is 8.35. The van der Waals surface area contributed by atoms with Crippen LogP contribution in [0.2, 0.25) is 0 Å². The van der Waals surface area contributed by atoms with E-state index >= 15 is 0 Å². The Morgan fingerprint density at radius 1 is 0.846 bits per heavy atom. The van der Waals surface area contributed by atoms with E-state index in [9.17, 15) is 4.79 Å². The van der Waals surface area contributed by atoms with Crippen LogP contribution in [0.5, 0.6) is 11.5 Å². The molecule has 0 aliphatic carbocycles. The molecular formula is C21H20O5. The zero-order valence-electron chi connectivity index (χ0n) is 14.3. The predicted molar refractivity (Wildman–Crippen MR) is 101 cm³/mol. The zero-order chi connectivity index (χ0) is 18.4. The second kappa shape index (κ2) is 8.36. The lowest BCUT2D eigenvalue weighted by Gasteiger charge is -2.17. The molecule has 0 saturated heterocycles. The van der Waals surface area contributed by atoms with Crippen molar-refractivity contribution >= 4 is 27.5 Å². The van der Waals surface area contributed by atoms with Gasteiger partial charge in [-0.1, -0.05) is 55.1 Å². The van der Waals surface area contributed by atoms with Gasteiger partial charge in [-0.2, -0.15) is 0 Å². The second-order valence-electron chi connectivity index (χ2n) is 5.54. The molecule has 0 atom stereocenters. The lowest BCUT2D eigenvalue weighted by atomic mass is 10.0. The lowest BCUT2D eigenvalue weighted by Crippen LogP contribution is -2.10. The number of hydrogen-bond acceptors (Lipinski definition) is 5. The van der Waals surface area contributed by atoms with Crippen LogP contribution in [0.4, 0.5) is 0 Å². The van der Waals surface area contributed by atoms with Crippen LogP contribution in [0.25, 0.3) is 21.5 Å². The minimum atomic E-state index is -0.476. The molecule has 0 heterocycles. The number of esters is 1. The van der Waals surface area contributed by atoms with E-state index in [4.69, 9.17) is 19.3 Å². The highest BCUT2D eigenvalue weighted by atomic mass is 16.6. The number of benzene rings is 3. The third kappa shape index (κ3) is 3.63. The number of carbonyl (C=O) groups is 1. The topological polar surface area (TPSA) is 65.0 Å². The summed E-state index contributed by atoms with van der Waals surface area (Å²) in [5, 5.41) is 12.7. The number of hydrogen-bond donors (Lipinski definition) is 1. The van der Waals surface area contributed by atoms with Gasteiger partial charge in [0.05, 0.1) is 6.61 Å². The third-order valence-electron chi connectivity index (χ3n) is 3.91. The summed E-state index contributed by atoms with van der Waals surface area (Å²) in [6.45, 7) is 3.88. The minimum absolute atomic E-state index is 0.0599. The molecule has 5 nitrogen and oxygen atoms in total. The maximum Gasteiger partial charge on any atom is 0.330 e. The van der Waals surface area contributed by atoms with E-state index in [2.05, 4.69) is 6.58 Å². The van der Waals surface area contributed by atoms with Crippen molar-refractivity contribution in [3.05, 3.63) is 61.2 Å². The van der Waals surface area contributed by atoms with Crippen molar-refractivity contribution in [2.24, 2.45) is 0 Å². The first-order valence-electron chi connectivity index (χ1n) is 8.35. The molecule has 0 unspecified atom stereocenters. The first kappa shape index (κ1) is 17.8. The number of rotatable bonds is 8. The van der Waals surface area contributed by atoms with Gasteiger partial charge >= 0.3 is 5.97 Å². The molecule has 5 heteroatoms. The van der Waals surface area contributed by atoms with Crippen molar-refractivity contribution < 1.29 is 24.1 Å². The summed E-state index contributed by atoms with van der Waals surface area (Å²) in [6, 6.07) is 15.5. The molecule has 0 aliphatic heterocycles. The van der Waals surface area contributed by atoms with Crippen LogP contribution in [-0.4, -0.2) is 37.5 Å². The Morgan fingerprint density at radius 2 is 1.31 bits per heavy atom. The molecule has 3 rings (SSSR count). The molecule has 0 aromatic heterocycles. The Bertz CT molecular complexity index is 875. The molecule has 0 bridgehead atoms. The largest absolute Gasteiger partial charge is 0.490 e. The normalized spacial score (nSPS) is 10.7. The smallest absolute Gasteiger partial charge is 0.330 e. The highest BCUT2D eigenvalue weighted by Gasteiger charge is 2.15. The number of aliphatic hydroxyl groups is 1. The van der Waals surface area contributed by atoms with E-state index in [-0.39, 0.29) is 26.4 Å². The quantitative estimate of drug-likeness (QED) is 0.291.